The molecule has 3 rings (SSSR count). The average Bonchev–Trinajstić information content (AvgIpc) is 2.69. The van der Waals surface area contributed by atoms with Crippen molar-refractivity contribution in [2.75, 3.05) is 0 Å². The van der Waals surface area contributed by atoms with Crippen LogP contribution in [0.2, 0.25) is 0 Å². The first-order valence-corrected chi connectivity index (χ1v) is 7.76. The summed E-state index contributed by atoms with van der Waals surface area (Å²) < 4.78 is 6.48. The second-order valence-corrected chi connectivity index (χ2v) is 6.36. The molecule has 0 spiro atoms. The minimum atomic E-state index is 0.561. The van der Waals surface area contributed by atoms with Crippen LogP contribution in [0.4, 0.5) is 0 Å². The van der Waals surface area contributed by atoms with Crippen molar-refractivity contribution in [3.63, 3.8) is 0 Å². The van der Waals surface area contributed by atoms with E-state index in [-0.39, 0.29) is 0 Å². The molecular formula is C15H27NO. The van der Waals surface area contributed by atoms with E-state index in [4.69, 9.17) is 4.74 Å². The Labute approximate surface area is 105 Å². The third-order valence-corrected chi connectivity index (χ3v) is 5.16. The van der Waals surface area contributed by atoms with Crippen LogP contribution in [-0.2, 0) is 4.74 Å². The van der Waals surface area contributed by atoms with Gasteiger partial charge in [-0.3, -0.25) is 0 Å². The quantitative estimate of drug-likeness (QED) is 0.813. The highest BCUT2D eigenvalue weighted by atomic mass is 16.5. The topological polar surface area (TPSA) is 21.3 Å². The highest BCUT2D eigenvalue weighted by Gasteiger charge is 2.36. The zero-order valence-corrected chi connectivity index (χ0v) is 11.2. The Kier molecular flexibility index (Phi) is 3.72. The minimum absolute atomic E-state index is 0.561. The van der Waals surface area contributed by atoms with Crippen LogP contribution < -0.4 is 5.32 Å². The normalized spacial score (nSPS) is 46.1. The average molecular weight is 237 g/mol. The molecule has 0 amide bonds. The summed E-state index contributed by atoms with van der Waals surface area (Å²) in [7, 11) is 0. The molecule has 2 bridgehead atoms. The number of piperidine rings is 1. The summed E-state index contributed by atoms with van der Waals surface area (Å²) in [6.07, 6.45) is 13.3. The van der Waals surface area contributed by atoms with Crippen LogP contribution in [-0.4, -0.2) is 24.3 Å². The molecule has 3 fully saturated rings. The molecule has 2 nitrogen and oxygen atoms in total. The molecule has 4 atom stereocenters. The lowest BCUT2D eigenvalue weighted by Crippen LogP contribution is -2.43. The van der Waals surface area contributed by atoms with Crippen molar-refractivity contribution in [1.29, 1.82) is 0 Å². The van der Waals surface area contributed by atoms with E-state index in [1.165, 1.54) is 57.8 Å². The van der Waals surface area contributed by atoms with E-state index in [1.54, 1.807) is 0 Å². The summed E-state index contributed by atoms with van der Waals surface area (Å²) in [6, 6.07) is 1.53. The fourth-order valence-electron chi connectivity index (χ4n) is 4.18. The molecule has 0 radical (unpaired) electrons. The van der Waals surface area contributed by atoms with Crippen LogP contribution in [0.25, 0.3) is 0 Å². The first-order chi connectivity index (χ1) is 8.35. The van der Waals surface area contributed by atoms with E-state index in [1.807, 2.05) is 0 Å². The molecule has 1 saturated carbocycles. The number of ether oxygens (including phenoxy) is 1. The monoisotopic (exact) mass is 237 g/mol. The SMILES string of the molecule is CCC1CCCCC1OC1CC2CCC(C1)N2. The molecule has 98 valence electrons. The molecule has 2 heteroatoms. The molecule has 4 unspecified atom stereocenters. The van der Waals surface area contributed by atoms with Crippen molar-refractivity contribution < 1.29 is 4.74 Å². The Morgan fingerprint density at radius 3 is 2.41 bits per heavy atom. The zero-order chi connectivity index (χ0) is 11.7. The van der Waals surface area contributed by atoms with E-state index in [2.05, 4.69) is 12.2 Å². The second-order valence-electron chi connectivity index (χ2n) is 6.36. The van der Waals surface area contributed by atoms with Gasteiger partial charge in [0.2, 0.25) is 0 Å². The van der Waals surface area contributed by atoms with E-state index in [0.717, 1.165) is 18.0 Å². The van der Waals surface area contributed by atoms with Gasteiger partial charge in [0.1, 0.15) is 0 Å². The second kappa shape index (κ2) is 5.27. The molecule has 3 aliphatic rings. The maximum atomic E-state index is 6.48. The largest absolute Gasteiger partial charge is 0.375 e. The molecule has 0 aromatic heterocycles. The van der Waals surface area contributed by atoms with Gasteiger partial charge in [-0.15, -0.1) is 0 Å². The van der Waals surface area contributed by atoms with Gasteiger partial charge in [-0.25, -0.2) is 0 Å². The van der Waals surface area contributed by atoms with Crippen molar-refractivity contribution in [1.82, 2.24) is 5.32 Å². The summed E-state index contributed by atoms with van der Waals surface area (Å²) in [5.74, 6) is 0.844. The minimum Gasteiger partial charge on any atom is -0.375 e. The van der Waals surface area contributed by atoms with Crippen LogP contribution >= 0.6 is 0 Å². The van der Waals surface area contributed by atoms with Crippen molar-refractivity contribution in [3.05, 3.63) is 0 Å². The third kappa shape index (κ3) is 2.68. The van der Waals surface area contributed by atoms with Crippen LogP contribution in [0.1, 0.15) is 64.7 Å². The number of hydrogen-bond acceptors (Lipinski definition) is 2. The number of nitrogens with one attached hydrogen (secondary N) is 1. The van der Waals surface area contributed by atoms with Gasteiger partial charge in [-0.05, 0) is 44.4 Å². The van der Waals surface area contributed by atoms with Gasteiger partial charge in [0.05, 0.1) is 12.2 Å². The zero-order valence-electron chi connectivity index (χ0n) is 11.2. The molecule has 2 heterocycles. The highest BCUT2D eigenvalue weighted by Crippen LogP contribution is 2.34. The summed E-state index contributed by atoms with van der Waals surface area (Å²) in [6.45, 7) is 2.33. The molecule has 2 saturated heterocycles. The fraction of sp³-hybridized carbons (Fsp3) is 1.00. The fourth-order valence-corrected chi connectivity index (χ4v) is 4.18. The van der Waals surface area contributed by atoms with Gasteiger partial charge >= 0.3 is 0 Å². The first-order valence-electron chi connectivity index (χ1n) is 7.76. The van der Waals surface area contributed by atoms with Crippen molar-refractivity contribution in [2.45, 2.75) is 89.0 Å². The van der Waals surface area contributed by atoms with Crippen LogP contribution in [0.5, 0.6) is 0 Å². The first kappa shape index (κ1) is 12.0. The summed E-state index contributed by atoms with van der Waals surface area (Å²) >= 11 is 0. The standard InChI is InChI=1S/C15H27NO/c1-2-11-5-3-4-6-15(11)17-14-9-12-7-8-13(10-14)16-12/h11-16H,2-10H2,1H3. The van der Waals surface area contributed by atoms with E-state index < -0.39 is 0 Å². The number of fused-ring (bicyclic) bond motifs is 2. The van der Waals surface area contributed by atoms with Crippen molar-refractivity contribution in [3.8, 4) is 0 Å². The van der Waals surface area contributed by atoms with Crippen molar-refractivity contribution >= 4 is 0 Å². The molecule has 0 aromatic rings. The summed E-state index contributed by atoms with van der Waals surface area (Å²) in [4.78, 5) is 0. The van der Waals surface area contributed by atoms with Gasteiger partial charge < -0.3 is 10.1 Å². The summed E-state index contributed by atoms with van der Waals surface area (Å²) in [5.41, 5.74) is 0. The maximum absolute atomic E-state index is 6.48. The van der Waals surface area contributed by atoms with E-state index in [9.17, 15) is 0 Å². The van der Waals surface area contributed by atoms with Gasteiger partial charge in [-0.2, -0.15) is 0 Å². The van der Waals surface area contributed by atoms with Crippen LogP contribution in [0.15, 0.2) is 0 Å². The lowest BCUT2D eigenvalue weighted by molar-refractivity contribution is -0.0766. The molecule has 17 heavy (non-hydrogen) atoms. The van der Waals surface area contributed by atoms with Gasteiger partial charge in [0, 0.05) is 12.1 Å². The molecule has 1 aliphatic carbocycles. The number of hydrogen-bond donors (Lipinski definition) is 1. The van der Waals surface area contributed by atoms with Crippen LogP contribution in [0.3, 0.4) is 0 Å². The van der Waals surface area contributed by atoms with Gasteiger partial charge in [0.15, 0.2) is 0 Å². The maximum Gasteiger partial charge on any atom is 0.0608 e. The Morgan fingerprint density at radius 2 is 1.71 bits per heavy atom. The Bertz CT molecular complexity index is 243. The molecule has 1 N–H and O–H groups in total. The van der Waals surface area contributed by atoms with Crippen molar-refractivity contribution in [2.24, 2.45) is 5.92 Å². The molecule has 0 aromatic carbocycles. The molecular weight excluding hydrogens is 210 g/mol. The Hall–Kier alpha value is -0.0800. The lowest BCUT2D eigenvalue weighted by Gasteiger charge is -2.37. The smallest absolute Gasteiger partial charge is 0.0608 e. The highest BCUT2D eigenvalue weighted by molar-refractivity contribution is 4.93. The Morgan fingerprint density at radius 1 is 1.00 bits per heavy atom. The predicted octanol–water partition coefficient (Wildman–Crippen LogP) is 3.25. The lowest BCUT2D eigenvalue weighted by atomic mass is 9.84. The van der Waals surface area contributed by atoms with Gasteiger partial charge in [-0.1, -0.05) is 26.2 Å². The van der Waals surface area contributed by atoms with Gasteiger partial charge in [0.25, 0.3) is 0 Å². The molecule has 2 aliphatic heterocycles. The van der Waals surface area contributed by atoms with Crippen LogP contribution in [0, 0.1) is 5.92 Å². The van der Waals surface area contributed by atoms with E-state index in [0.29, 0.717) is 12.2 Å². The Balaban J connectivity index is 1.55. The van der Waals surface area contributed by atoms with E-state index >= 15 is 0 Å². The summed E-state index contributed by atoms with van der Waals surface area (Å²) in [5, 5.41) is 3.70. The third-order valence-electron chi connectivity index (χ3n) is 5.16. The predicted molar refractivity (Wildman–Crippen MR) is 70.1 cm³/mol. The number of rotatable bonds is 3.